The van der Waals surface area contributed by atoms with E-state index in [1.807, 2.05) is 6.92 Å². The van der Waals surface area contributed by atoms with Crippen molar-refractivity contribution < 1.29 is 13.2 Å². The van der Waals surface area contributed by atoms with Crippen molar-refractivity contribution in [1.29, 1.82) is 0 Å². The summed E-state index contributed by atoms with van der Waals surface area (Å²) in [6, 6.07) is 8.10. The minimum absolute atomic E-state index is 0.156. The number of hydrogen-bond donors (Lipinski definition) is 1. The Hall–Kier alpha value is -0.760. The maximum Gasteiger partial charge on any atom is 0.261 e. The van der Waals surface area contributed by atoms with Gasteiger partial charge >= 0.3 is 0 Å². The highest BCUT2D eigenvalue weighted by atomic mass is 79.9. The van der Waals surface area contributed by atoms with Crippen LogP contribution in [0.2, 0.25) is 5.02 Å². The van der Waals surface area contributed by atoms with Gasteiger partial charge in [-0.1, -0.05) is 29.3 Å². The third-order valence-electron chi connectivity index (χ3n) is 2.90. The van der Waals surface area contributed by atoms with Gasteiger partial charge in [-0.25, -0.2) is 8.42 Å². The second-order valence-electron chi connectivity index (χ2n) is 4.48. The van der Waals surface area contributed by atoms with Crippen molar-refractivity contribution in [3.05, 3.63) is 49.9 Å². The fourth-order valence-electron chi connectivity index (χ4n) is 1.76. The van der Waals surface area contributed by atoms with E-state index in [-0.39, 0.29) is 15.6 Å². The summed E-state index contributed by atoms with van der Waals surface area (Å²) in [4.78, 5) is 0.156. The third kappa shape index (κ3) is 3.59. The molecule has 0 amide bonds. The van der Waals surface area contributed by atoms with Gasteiger partial charge < -0.3 is 4.74 Å². The van der Waals surface area contributed by atoms with Gasteiger partial charge in [0.05, 0.1) is 31.7 Å². The zero-order valence-electron chi connectivity index (χ0n) is 11.7. The molecule has 0 bridgehead atoms. The number of nitrogens with one attached hydrogen (secondary N) is 1. The van der Waals surface area contributed by atoms with Crippen LogP contribution in [-0.2, 0) is 10.0 Å². The summed E-state index contributed by atoms with van der Waals surface area (Å²) in [7, 11) is -2.27. The van der Waals surface area contributed by atoms with Gasteiger partial charge in [-0.3, -0.25) is 4.72 Å². The summed E-state index contributed by atoms with van der Waals surface area (Å²) < 4.78 is 33.7. The first-order valence-electron chi connectivity index (χ1n) is 6.07. The maximum atomic E-state index is 12.5. The predicted octanol–water partition coefficient (Wildman–Crippen LogP) is 4.98. The first-order valence-corrected chi connectivity index (χ1v) is 9.52. The molecule has 0 saturated heterocycles. The van der Waals surface area contributed by atoms with Gasteiger partial charge in [0.25, 0.3) is 10.0 Å². The molecule has 0 aliphatic rings. The molecule has 22 heavy (non-hydrogen) atoms. The largest absolute Gasteiger partial charge is 0.494 e. The zero-order chi connectivity index (χ0) is 16.5. The van der Waals surface area contributed by atoms with E-state index in [1.165, 1.54) is 19.2 Å². The molecule has 0 spiro atoms. The van der Waals surface area contributed by atoms with Gasteiger partial charge in [0, 0.05) is 0 Å². The minimum atomic E-state index is -3.75. The number of ether oxygens (including phenoxy) is 1. The number of anilines is 1. The third-order valence-corrected chi connectivity index (χ3v) is 5.91. The van der Waals surface area contributed by atoms with Crippen molar-refractivity contribution in [2.24, 2.45) is 0 Å². The van der Waals surface area contributed by atoms with E-state index in [2.05, 4.69) is 36.6 Å². The van der Waals surface area contributed by atoms with Crippen LogP contribution in [0, 0.1) is 6.92 Å². The Morgan fingerprint density at radius 1 is 1.18 bits per heavy atom. The van der Waals surface area contributed by atoms with Crippen molar-refractivity contribution in [2.75, 3.05) is 11.8 Å². The van der Waals surface area contributed by atoms with Crippen LogP contribution in [0.5, 0.6) is 5.75 Å². The Morgan fingerprint density at radius 2 is 1.77 bits per heavy atom. The molecule has 2 rings (SSSR count). The van der Waals surface area contributed by atoms with Crippen molar-refractivity contribution in [3.8, 4) is 5.75 Å². The number of halogens is 3. The maximum absolute atomic E-state index is 12.5. The van der Waals surface area contributed by atoms with E-state index < -0.39 is 10.0 Å². The Bertz CT molecular complexity index is 808. The van der Waals surface area contributed by atoms with Gasteiger partial charge in [0.2, 0.25) is 0 Å². The monoisotopic (exact) mass is 467 g/mol. The molecule has 0 atom stereocenters. The Balaban J connectivity index is 2.48. The van der Waals surface area contributed by atoms with Crippen LogP contribution >= 0.6 is 43.5 Å². The molecule has 118 valence electrons. The van der Waals surface area contributed by atoms with Gasteiger partial charge in [0.1, 0.15) is 5.75 Å². The molecule has 0 unspecified atom stereocenters. The average molecular weight is 470 g/mol. The highest BCUT2D eigenvalue weighted by Crippen LogP contribution is 2.44. The Labute approximate surface area is 151 Å². The summed E-state index contributed by atoms with van der Waals surface area (Å²) in [6.45, 7) is 1.89. The molecule has 0 radical (unpaired) electrons. The van der Waals surface area contributed by atoms with E-state index in [9.17, 15) is 8.42 Å². The SMILES string of the molecule is COc1c(Br)cc(Cl)c(NS(=O)(=O)c2ccc(C)cc2)c1Br. The van der Waals surface area contributed by atoms with E-state index in [1.54, 1.807) is 18.2 Å². The van der Waals surface area contributed by atoms with Crippen molar-refractivity contribution in [3.63, 3.8) is 0 Å². The van der Waals surface area contributed by atoms with E-state index in [0.717, 1.165) is 5.56 Å². The predicted molar refractivity (Wildman–Crippen MR) is 95.4 cm³/mol. The van der Waals surface area contributed by atoms with Crippen LogP contribution in [0.4, 0.5) is 5.69 Å². The smallest absolute Gasteiger partial charge is 0.261 e. The van der Waals surface area contributed by atoms with Crippen LogP contribution < -0.4 is 9.46 Å². The van der Waals surface area contributed by atoms with Crippen LogP contribution in [0.1, 0.15) is 5.56 Å². The van der Waals surface area contributed by atoms with E-state index >= 15 is 0 Å². The molecule has 4 nitrogen and oxygen atoms in total. The van der Waals surface area contributed by atoms with Gasteiger partial charge in [0.15, 0.2) is 0 Å². The molecule has 0 fully saturated rings. The highest BCUT2D eigenvalue weighted by molar-refractivity contribution is 9.11. The first kappa shape index (κ1) is 17.6. The molecule has 1 N–H and O–H groups in total. The number of methoxy groups -OCH3 is 1. The molecular weight excluding hydrogens is 457 g/mol. The van der Waals surface area contributed by atoms with Gasteiger partial charge in [-0.05, 0) is 57.0 Å². The van der Waals surface area contributed by atoms with Gasteiger partial charge in [-0.15, -0.1) is 0 Å². The molecule has 0 saturated carbocycles. The average Bonchev–Trinajstić information content (AvgIpc) is 2.44. The van der Waals surface area contributed by atoms with Gasteiger partial charge in [-0.2, -0.15) is 0 Å². The normalized spacial score (nSPS) is 11.3. The quantitative estimate of drug-likeness (QED) is 0.687. The Kier molecular flexibility index (Phi) is 5.42. The van der Waals surface area contributed by atoms with E-state index in [4.69, 9.17) is 16.3 Å². The molecular formula is C14H12Br2ClNO3S. The number of sulfonamides is 1. The van der Waals surface area contributed by atoms with Crippen LogP contribution in [0.15, 0.2) is 44.2 Å². The molecule has 2 aromatic carbocycles. The molecule has 0 heterocycles. The molecule has 2 aromatic rings. The van der Waals surface area contributed by atoms with Crippen molar-refractivity contribution in [1.82, 2.24) is 0 Å². The summed E-state index contributed by atoms with van der Waals surface area (Å²) in [5.41, 5.74) is 1.20. The van der Waals surface area contributed by atoms with Crippen LogP contribution in [0.25, 0.3) is 0 Å². The lowest BCUT2D eigenvalue weighted by Crippen LogP contribution is -2.14. The molecule has 0 aliphatic carbocycles. The number of rotatable bonds is 4. The lowest BCUT2D eigenvalue weighted by molar-refractivity contribution is 0.410. The molecule has 0 aliphatic heterocycles. The number of hydrogen-bond acceptors (Lipinski definition) is 3. The summed E-state index contributed by atoms with van der Waals surface area (Å²) in [5, 5.41) is 0.246. The second kappa shape index (κ2) is 6.78. The minimum Gasteiger partial charge on any atom is -0.494 e. The van der Waals surface area contributed by atoms with Crippen molar-refractivity contribution in [2.45, 2.75) is 11.8 Å². The topological polar surface area (TPSA) is 55.4 Å². The van der Waals surface area contributed by atoms with Crippen LogP contribution in [0.3, 0.4) is 0 Å². The fourth-order valence-corrected chi connectivity index (χ4v) is 5.08. The summed E-state index contributed by atoms with van der Waals surface area (Å²) in [6.07, 6.45) is 0. The second-order valence-corrected chi connectivity index (χ2v) is 8.22. The lowest BCUT2D eigenvalue weighted by Gasteiger charge is -2.15. The number of aryl methyl sites for hydroxylation is 1. The first-order chi connectivity index (χ1) is 10.3. The molecule has 0 aromatic heterocycles. The highest BCUT2D eigenvalue weighted by Gasteiger charge is 2.21. The lowest BCUT2D eigenvalue weighted by atomic mass is 10.2. The van der Waals surface area contributed by atoms with Crippen LogP contribution in [-0.4, -0.2) is 15.5 Å². The zero-order valence-corrected chi connectivity index (χ0v) is 16.4. The summed E-state index contributed by atoms with van der Waals surface area (Å²) >= 11 is 12.8. The van der Waals surface area contributed by atoms with Crippen molar-refractivity contribution >= 4 is 59.2 Å². The van der Waals surface area contributed by atoms with E-state index in [0.29, 0.717) is 14.7 Å². The number of benzene rings is 2. The Morgan fingerprint density at radius 3 is 2.32 bits per heavy atom. The standard InChI is InChI=1S/C14H12Br2ClNO3S/c1-8-3-5-9(6-4-8)22(19,20)18-13-11(17)7-10(15)14(21-2)12(13)16/h3-7,18H,1-2H3. The molecule has 8 heteroatoms. The fraction of sp³-hybridized carbons (Fsp3) is 0.143. The summed E-state index contributed by atoms with van der Waals surface area (Å²) in [5.74, 6) is 0.450.